The van der Waals surface area contributed by atoms with E-state index in [1.165, 1.54) is 41.3 Å². The van der Waals surface area contributed by atoms with E-state index < -0.39 is 22.8 Å². The zero-order chi connectivity index (χ0) is 18.2. The van der Waals surface area contributed by atoms with Crippen molar-refractivity contribution < 1.29 is 14.0 Å². The van der Waals surface area contributed by atoms with Crippen molar-refractivity contribution in [3.8, 4) is 5.69 Å². The number of carbonyl (C=O) groups excluding carboxylic acids is 2. The van der Waals surface area contributed by atoms with E-state index in [4.69, 9.17) is 0 Å². The van der Waals surface area contributed by atoms with Gasteiger partial charge in [-0.15, -0.1) is 0 Å². The lowest BCUT2D eigenvalue weighted by atomic mass is 9.98. The van der Waals surface area contributed by atoms with Crippen molar-refractivity contribution in [3.63, 3.8) is 0 Å². The predicted molar refractivity (Wildman–Crippen MR) is 87.9 cm³/mol. The number of nitrogens with one attached hydrogen (secondary N) is 1. The van der Waals surface area contributed by atoms with Gasteiger partial charge in [-0.2, -0.15) is 9.78 Å². The van der Waals surface area contributed by atoms with E-state index in [0.717, 1.165) is 4.68 Å². The Hall–Kier alpha value is -3.03. The first kappa shape index (κ1) is 16.8. The Morgan fingerprint density at radius 3 is 2.52 bits per heavy atom. The topological polar surface area (TPSA) is 84.3 Å². The monoisotopic (exact) mass is 344 g/mol. The van der Waals surface area contributed by atoms with Crippen molar-refractivity contribution >= 4 is 11.8 Å². The molecule has 1 aromatic carbocycles. The number of hydrogen-bond donors (Lipinski definition) is 1. The first-order chi connectivity index (χ1) is 11.8. The zero-order valence-electron chi connectivity index (χ0n) is 13.8. The second-order valence-electron chi connectivity index (χ2n) is 6.22. The van der Waals surface area contributed by atoms with E-state index in [2.05, 4.69) is 10.4 Å². The Bertz CT molecular complexity index is 890. The molecule has 25 heavy (non-hydrogen) atoms. The summed E-state index contributed by atoms with van der Waals surface area (Å²) in [6, 6.07) is 7.76. The van der Waals surface area contributed by atoms with Crippen LogP contribution < -0.4 is 10.9 Å². The number of rotatable bonds is 2. The standard InChI is InChI=1S/C17H17FN4O3/c1-17(2)16(25)19-9-10-21(17)15(24)13-7-8-14(23)22(20-13)12-5-3-11(18)4-6-12/h3-8H,9-10H2,1-2H3,(H,19,25). The number of amides is 2. The lowest BCUT2D eigenvalue weighted by Crippen LogP contribution is -2.63. The van der Waals surface area contributed by atoms with Gasteiger partial charge < -0.3 is 10.2 Å². The minimum Gasteiger partial charge on any atom is -0.352 e. The number of hydrogen-bond acceptors (Lipinski definition) is 4. The van der Waals surface area contributed by atoms with Crippen LogP contribution in [-0.2, 0) is 4.79 Å². The molecule has 1 aromatic heterocycles. The SMILES string of the molecule is CC1(C)C(=O)NCCN1C(=O)c1ccc(=O)n(-c2ccc(F)cc2)n1. The Balaban J connectivity index is 1.99. The number of piperazine rings is 1. The smallest absolute Gasteiger partial charge is 0.275 e. The summed E-state index contributed by atoms with van der Waals surface area (Å²) in [5, 5.41) is 6.81. The average Bonchev–Trinajstić information content (AvgIpc) is 2.58. The zero-order valence-corrected chi connectivity index (χ0v) is 13.8. The van der Waals surface area contributed by atoms with Crippen LogP contribution in [0.2, 0.25) is 0 Å². The van der Waals surface area contributed by atoms with Crippen LogP contribution in [0.3, 0.4) is 0 Å². The predicted octanol–water partition coefficient (Wildman–Crippen LogP) is 0.722. The summed E-state index contributed by atoms with van der Waals surface area (Å²) in [7, 11) is 0. The molecule has 130 valence electrons. The minimum atomic E-state index is -1.02. The summed E-state index contributed by atoms with van der Waals surface area (Å²) in [5.41, 5.74) is -1.09. The molecule has 0 spiro atoms. The molecule has 0 unspecified atom stereocenters. The molecule has 1 aliphatic rings. The first-order valence-electron chi connectivity index (χ1n) is 7.77. The van der Waals surface area contributed by atoms with Crippen molar-refractivity contribution in [2.75, 3.05) is 13.1 Å². The fourth-order valence-corrected chi connectivity index (χ4v) is 2.69. The van der Waals surface area contributed by atoms with Gasteiger partial charge in [-0.05, 0) is 44.2 Å². The van der Waals surface area contributed by atoms with Crippen LogP contribution in [0.1, 0.15) is 24.3 Å². The molecule has 2 heterocycles. The van der Waals surface area contributed by atoms with Gasteiger partial charge in [0, 0.05) is 19.2 Å². The molecule has 8 heteroatoms. The molecule has 1 aliphatic heterocycles. The van der Waals surface area contributed by atoms with Crippen molar-refractivity contribution in [3.05, 3.63) is 58.3 Å². The molecule has 0 atom stereocenters. The van der Waals surface area contributed by atoms with Crippen LogP contribution in [0.5, 0.6) is 0 Å². The highest BCUT2D eigenvalue weighted by Gasteiger charge is 2.41. The highest BCUT2D eigenvalue weighted by atomic mass is 19.1. The quantitative estimate of drug-likeness (QED) is 0.870. The van der Waals surface area contributed by atoms with Gasteiger partial charge in [0.1, 0.15) is 17.1 Å². The molecule has 2 aromatic rings. The first-order valence-corrected chi connectivity index (χ1v) is 7.77. The molecule has 0 saturated carbocycles. The number of nitrogens with zero attached hydrogens (tertiary/aromatic N) is 3. The van der Waals surface area contributed by atoms with E-state index in [-0.39, 0.29) is 11.6 Å². The van der Waals surface area contributed by atoms with Crippen molar-refractivity contribution in [2.45, 2.75) is 19.4 Å². The van der Waals surface area contributed by atoms with Crippen molar-refractivity contribution in [2.24, 2.45) is 0 Å². The number of benzene rings is 1. The summed E-state index contributed by atoms with van der Waals surface area (Å²) in [4.78, 5) is 38.3. The molecule has 0 aliphatic carbocycles. The van der Waals surface area contributed by atoms with Gasteiger partial charge in [-0.25, -0.2) is 4.39 Å². The Morgan fingerprint density at radius 2 is 1.84 bits per heavy atom. The maximum absolute atomic E-state index is 13.1. The fourth-order valence-electron chi connectivity index (χ4n) is 2.69. The molecule has 1 fully saturated rings. The molecule has 2 amide bonds. The van der Waals surface area contributed by atoms with Crippen LogP contribution in [0, 0.1) is 5.82 Å². The van der Waals surface area contributed by atoms with Crippen LogP contribution in [0.15, 0.2) is 41.2 Å². The van der Waals surface area contributed by atoms with E-state index in [1.54, 1.807) is 13.8 Å². The number of halogens is 1. The molecule has 0 bridgehead atoms. The molecule has 3 rings (SSSR count). The van der Waals surface area contributed by atoms with E-state index in [9.17, 15) is 18.8 Å². The van der Waals surface area contributed by atoms with Crippen LogP contribution in [0.25, 0.3) is 5.69 Å². The third kappa shape index (κ3) is 3.02. The van der Waals surface area contributed by atoms with Crippen molar-refractivity contribution in [1.82, 2.24) is 20.0 Å². The summed E-state index contributed by atoms with van der Waals surface area (Å²) in [6.45, 7) is 3.99. The van der Waals surface area contributed by atoms with E-state index in [0.29, 0.717) is 18.8 Å². The maximum Gasteiger partial charge on any atom is 0.275 e. The highest BCUT2D eigenvalue weighted by Crippen LogP contribution is 2.20. The summed E-state index contributed by atoms with van der Waals surface area (Å²) in [6.07, 6.45) is 0. The fraction of sp³-hybridized carbons (Fsp3) is 0.294. The lowest BCUT2D eigenvalue weighted by Gasteiger charge is -2.40. The normalized spacial score (nSPS) is 16.4. The third-order valence-electron chi connectivity index (χ3n) is 4.19. The van der Waals surface area contributed by atoms with Gasteiger partial charge in [0.15, 0.2) is 0 Å². The Labute approximate surface area is 143 Å². The second kappa shape index (κ2) is 6.12. The maximum atomic E-state index is 13.1. The van der Waals surface area contributed by atoms with Gasteiger partial charge in [0.2, 0.25) is 5.91 Å². The van der Waals surface area contributed by atoms with Crippen LogP contribution in [-0.4, -0.2) is 45.1 Å². The van der Waals surface area contributed by atoms with Crippen LogP contribution >= 0.6 is 0 Å². The largest absolute Gasteiger partial charge is 0.352 e. The molecule has 7 nitrogen and oxygen atoms in total. The van der Waals surface area contributed by atoms with Gasteiger partial charge in [-0.1, -0.05) is 0 Å². The summed E-state index contributed by atoms with van der Waals surface area (Å²) < 4.78 is 14.1. The lowest BCUT2D eigenvalue weighted by molar-refractivity contribution is -0.133. The van der Waals surface area contributed by atoms with Gasteiger partial charge in [0.25, 0.3) is 11.5 Å². The molecular weight excluding hydrogens is 327 g/mol. The minimum absolute atomic E-state index is 0.0340. The van der Waals surface area contributed by atoms with E-state index in [1.807, 2.05) is 0 Å². The van der Waals surface area contributed by atoms with Gasteiger partial charge in [0.05, 0.1) is 5.69 Å². The third-order valence-corrected chi connectivity index (χ3v) is 4.19. The van der Waals surface area contributed by atoms with Gasteiger partial charge in [-0.3, -0.25) is 14.4 Å². The average molecular weight is 344 g/mol. The Kier molecular flexibility index (Phi) is 4.12. The highest BCUT2D eigenvalue weighted by molar-refractivity contribution is 5.98. The molecule has 1 N–H and O–H groups in total. The Morgan fingerprint density at radius 1 is 1.16 bits per heavy atom. The molecule has 0 radical (unpaired) electrons. The van der Waals surface area contributed by atoms with Gasteiger partial charge >= 0.3 is 0 Å². The number of carbonyl (C=O) groups is 2. The molecular formula is C17H17FN4O3. The van der Waals surface area contributed by atoms with E-state index >= 15 is 0 Å². The summed E-state index contributed by atoms with van der Waals surface area (Å²) >= 11 is 0. The molecule has 1 saturated heterocycles. The van der Waals surface area contributed by atoms with Crippen LogP contribution in [0.4, 0.5) is 4.39 Å². The second-order valence-corrected chi connectivity index (χ2v) is 6.22. The van der Waals surface area contributed by atoms with Crippen molar-refractivity contribution in [1.29, 1.82) is 0 Å². The number of aromatic nitrogens is 2. The summed E-state index contributed by atoms with van der Waals surface area (Å²) in [5.74, 6) is -1.14.